The number of hydrogen-bond acceptors (Lipinski definition) is 2. The molecule has 0 radical (unpaired) electrons. The first-order valence-corrected chi connectivity index (χ1v) is 6.45. The Hall–Kier alpha value is -0.640. The molecule has 4 heteroatoms. The topological polar surface area (TPSA) is 29.3 Å². The number of nitrogens with zero attached hydrogens (tertiary/aromatic N) is 1. The molecule has 0 bridgehead atoms. The van der Waals surface area contributed by atoms with Crippen LogP contribution in [-0.2, 0) is 0 Å². The van der Waals surface area contributed by atoms with E-state index < -0.39 is 0 Å². The molecule has 0 heterocycles. The van der Waals surface area contributed by atoms with Gasteiger partial charge in [-0.05, 0) is 31.7 Å². The maximum absolute atomic E-state index is 5.99. The van der Waals surface area contributed by atoms with E-state index in [1.54, 1.807) is 0 Å². The average molecular weight is 271 g/mol. The van der Waals surface area contributed by atoms with Crippen molar-refractivity contribution < 1.29 is 0 Å². The van der Waals surface area contributed by atoms with Crippen molar-refractivity contribution in [2.45, 2.75) is 19.9 Å². The van der Waals surface area contributed by atoms with E-state index in [-0.39, 0.29) is 5.92 Å². The second kappa shape index (κ2) is 6.34. The Bertz CT molecular complexity index is 395. The molecule has 0 amide bonds. The maximum atomic E-state index is 5.99. The molecule has 2 N–H and O–H groups in total. The first-order valence-electron chi connectivity index (χ1n) is 5.67. The molecule has 0 saturated heterocycles. The molecule has 0 spiro atoms. The summed E-state index contributed by atoms with van der Waals surface area (Å²) >= 11 is 11.0. The van der Waals surface area contributed by atoms with Gasteiger partial charge in [0, 0.05) is 23.5 Å². The SMILES string of the molecule is CC(CN(C)C(C)c1cccc(Cl)c1)C(N)=S. The van der Waals surface area contributed by atoms with E-state index in [1.165, 1.54) is 5.56 Å². The molecule has 94 valence electrons. The highest BCUT2D eigenvalue weighted by molar-refractivity contribution is 7.80. The highest BCUT2D eigenvalue weighted by Crippen LogP contribution is 2.22. The van der Waals surface area contributed by atoms with Gasteiger partial charge in [0.25, 0.3) is 0 Å². The first-order chi connectivity index (χ1) is 7.91. The fourth-order valence-corrected chi connectivity index (χ4v) is 1.97. The molecule has 2 atom stereocenters. The van der Waals surface area contributed by atoms with Gasteiger partial charge in [0.15, 0.2) is 0 Å². The fourth-order valence-electron chi connectivity index (χ4n) is 1.70. The number of benzene rings is 1. The van der Waals surface area contributed by atoms with Crippen molar-refractivity contribution in [2.24, 2.45) is 11.7 Å². The van der Waals surface area contributed by atoms with Gasteiger partial charge in [0.2, 0.25) is 0 Å². The van der Waals surface area contributed by atoms with Gasteiger partial charge in [-0.3, -0.25) is 4.90 Å². The zero-order chi connectivity index (χ0) is 13.0. The number of rotatable bonds is 5. The van der Waals surface area contributed by atoms with Crippen LogP contribution in [-0.4, -0.2) is 23.5 Å². The number of nitrogens with two attached hydrogens (primary N) is 1. The van der Waals surface area contributed by atoms with E-state index in [0.717, 1.165) is 11.6 Å². The summed E-state index contributed by atoms with van der Waals surface area (Å²) in [6, 6.07) is 8.23. The minimum absolute atomic E-state index is 0.219. The molecule has 0 aliphatic rings. The van der Waals surface area contributed by atoms with Crippen molar-refractivity contribution in [3.8, 4) is 0 Å². The van der Waals surface area contributed by atoms with E-state index in [9.17, 15) is 0 Å². The predicted octanol–water partition coefficient (Wildman–Crippen LogP) is 3.26. The van der Waals surface area contributed by atoms with Crippen LogP contribution in [0.5, 0.6) is 0 Å². The minimum Gasteiger partial charge on any atom is -0.393 e. The van der Waals surface area contributed by atoms with Crippen LogP contribution < -0.4 is 5.73 Å². The summed E-state index contributed by atoms with van der Waals surface area (Å²) in [5, 5.41) is 0.769. The van der Waals surface area contributed by atoms with Crippen molar-refractivity contribution >= 4 is 28.8 Å². The molecule has 1 rings (SSSR count). The van der Waals surface area contributed by atoms with Crippen LogP contribution in [0.3, 0.4) is 0 Å². The van der Waals surface area contributed by atoms with Gasteiger partial charge < -0.3 is 5.73 Å². The summed E-state index contributed by atoms with van der Waals surface area (Å²) in [5.41, 5.74) is 6.83. The van der Waals surface area contributed by atoms with Gasteiger partial charge >= 0.3 is 0 Å². The second-order valence-corrected chi connectivity index (χ2v) is 5.38. The quantitative estimate of drug-likeness (QED) is 0.833. The smallest absolute Gasteiger partial charge is 0.0768 e. The molecular formula is C13H19ClN2S. The summed E-state index contributed by atoms with van der Waals surface area (Å²) in [6.07, 6.45) is 0. The van der Waals surface area contributed by atoms with Crippen molar-refractivity contribution in [2.75, 3.05) is 13.6 Å². The molecule has 1 aromatic carbocycles. The van der Waals surface area contributed by atoms with E-state index in [2.05, 4.69) is 24.9 Å². The van der Waals surface area contributed by atoms with Crippen molar-refractivity contribution in [1.82, 2.24) is 4.90 Å². The van der Waals surface area contributed by atoms with Crippen molar-refractivity contribution in [3.63, 3.8) is 0 Å². The summed E-state index contributed by atoms with van der Waals surface area (Å²) < 4.78 is 0. The van der Waals surface area contributed by atoms with Gasteiger partial charge in [-0.25, -0.2) is 0 Å². The summed E-state index contributed by atoms with van der Waals surface area (Å²) in [4.78, 5) is 2.80. The molecule has 2 unspecified atom stereocenters. The Balaban J connectivity index is 2.69. The minimum atomic E-state index is 0.219. The second-order valence-electron chi connectivity index (χ2n) is 4.47. The van der Waals surface area contributed by atoms with Gasteiger partial charge in [-0.2, -0.15) is 0 Å². The van der Waals surface area contributed by atoms with Gasteiger partial charge in [0.1, 0.15) is 0 Å². The molecule has 0 fully saturated rings. The van der Waals surface area contributed by atoms with Crippen LogP contribution in [0.1, 0.15) is 25.5 Å². The summed E-state index contributed by atoms with van der Waals surface area (Å²) in [6.45, 7) is 5.05. The van der Waals surface area contributed by atoms with Gasteiger partial charge in [-0.1, -0.05) is 42.9 Å². The first kappa shape index (κ1) is 14.4. The highest BCUT2D eigenvalue weighted by atomic mass is 35.5. The highest BCUT2D eigenvalue weighted by Gasteiger charge is 2.15. The molecule has 2 nitrogen and oxygen atoms in total. The maximum Gasteiger partial charge on any atom is 0.0768 e. The fraction of sp³-hybridized carbons (Fsp3) is 0.462. The Labute approximate surface area is 114 Å². The number of hydrogen-bond donors (Lipinski definition) is 1. The lowest BCUT2D eigenvalue weighted by Gasteiger charge is -2.27. The van der Waals surface area contributed by atoms with Crippen LogP contribution in [0.4, 0.5) is 0 Å². The van der Waals surface area contributed by atoms with Crippen LogP contribution in [0.2, 0.25) is 5.02 Å². The Morgan fingerprint density at radius 1 is 1.47 bits per heavy atom. The summed E-state index contributed by atoms with van der Waals surface area (Å²) in [7, 11) is 2.07. The lowest BCUT2D eigenvalue weighted by Crippen LogP contribution is -2.33. The summed E-state index contributed by atoms with van der Waals surface area (Å²) in [5.74, 6) is 0.219. The third kappa shape index (κ3) is 4.26. The largest absolute Gasteiger partial charge is 0.393 e. The van der Waals surface area contributed by atoms with Crippen molar-refractivity contribution in [3.05, 3.63) is 34.9 Å². The monoisotopic (exact) mass is 270 g/mol. The zero-order valence-electron chi connectivity index (χ0n) is 10.5. The van der Waals surface area contributed by atoms with E-state index in [4.69, 9.17) is 29.6 Å². The third-order valence-corrected chi connectivity index (χ3v) is 3.68. The van der Waals surface area contributed by atoms with Gasteiger partial charge in [-0.15, -0.1) is 0 Å². The molecule has 0 aliphatic carbocycles. The normalized spacial score (nSPS) is 14.6. The van der Waals surface area contributed by atoms with E-state index in [0.29, 0.717) is 11.0 Å². The zero-order valence-corrected chi connectivity index (χ0v) is 12.1. The van der Waals surface area contributed by atoms with Crippen LogP contribution >= 0.6 is 23.8 Å². The molecular weight excluding hydrogens is 252 g/mol. The predicted molar refractivity (Wildman–Crippen MR) is 78.4 cm³/mol. The van der Waals surface area contributed by atoms with Crippen LogP contribution in [0.25, 0.3) is 0 Å². The van der Waals surface area contributed by atoms with Crippen molar-refractivity contribution in [1.29, 1.82) is 0 Å². The Morgan fingerprint density at radius 2 is 2.12 bits per heavy atom. The van der Waals surface area contributed by atoms with E-state index in [1.807, 2.05) is 25.1 Å². The van der Waals surface area contributed by atoms with Crippen LogP contribution in [0.15, 0.2) is 24.3 Å². The molecule has 0 aliphatic heterocycles. The third-order valence-electron chi connectivity index (χ3n) is 3.04. The van der Waals surface area contributed by atoms with Crippen LogP contribution in [0, 0.1) is 5.92 Å². The average Bonchev–Trinajstić information content (AvgIpc) is 2.27. The molecule has 1 aromatic rings. The number of thiocarbonyl (C=S) groups is 1. The Morgan fingerprint density at radius 3 is 2.65 bits per heavy atom. The Kier molecular flexibility index (Phi) is 5.37. The molecule has 0 saturated carbocycles. The lowest BCUT2D eigenvalue weighted by atomic mass is 10.1. The molecule has 0 aromatic heterocycles. The number of halogens is 1. The molecule has 17 heavy (non-hydrogen) atoms. The van der Waals surface area contributed by atoms with Gasteiger partial charge in [0.05, 0.1) is 4.99 Å². The van der Waals surface area contributed by atoms with E-state index >= 15 is 0 Å². The standard InChI is InChI=1S/C13H19ClN2S/c1-9(13(15)17)8-16(3)10(2)11-5-4-6-12(14)7-11/h4-7,9-10H,8H2,1-3H3,(H2,15,17). The lowest BCUT2D eigenvalue weighted by molar-refractivity contribution is 0.247.